The number of Topliss-reactive ketones (excluding diaryl/α,β-unsaturated/α-hetero) is 1. The van der Waals surface area contributed by atoms with Crippen molar-refractivity contribution in [3.05, 3.63) is 22.4 Å². The Morgan fingerprint density at radius 1 is 1.46 bits per heavy atom. The smallest absolute Gasteiger partial charge is 0.129 e. The average Bonchev–Trinajstić information content (AvgIpc) is 2.60. The van der Waals surface area contributed by atoms with Gasteiger partial charge < -0.3 is 4.79 Å². The summed E-state index contributed by atoms with van der Waals surface area (Å²) < 4.78 is 0. The highest BCUT2D eigenvalue weighted by Gasteiger charge is 1.95. The molecule has 2 heteroatoms. The van der Waals surface area contributed by atoms with Gasteiger partial charge in [0.15, 0.2) is 0 Å². The van der Waals surface area contributed by atoms with E-state index in [0.717, 1.165) is 19.3 Å². The molecule has 1 aromatic heterocycles. The molecule has 0 saturated heterocycles. The first-order chi connectivity index (χ1) is 6.29. The van der Waals surface area contributed by atoms with E-state index in [4.69, 9.17) is 0 Å². The van der Waals surface area contributed by atoms with Crippen LogP contribution in [0.15, 0.2) is 17.5 Å². The summed E-state index contributed by atoms with van der Waals surface area (Å²) in [5.41, 5.74) is 0. The van der Waals surface area contributed by atoms with Crippen molar-refractivity contribution in [3.63, 3.8) is 0 Å². The predicted octanol–water partition coefficient (Wildman–Crippen LogP) is 3.69. The van der Waals surface area contributed by atoms with Gasteiger partial charge in [-0.3, -0.25) is 0 Å². The van der Waals surface area contributed by atoms with E-state index in [1.165, 1.54) is 4.88 Å². The Balaban J connectivity index is 0.000000671. The minimum absolute atomic E-state index is 0.293. The number of rotatable bonds is 4. The molecule has 0 aliphatic rings. The predicted molar refractivity (Wildman–Crippen MR) is 59.3 cm³/mol. The molecule has 0 radical (unpaired) electrons. The molecule has 0 aromatic carbocycles. The highest BCUT2D eigenvalue weighted by Crippen LogP contribution is 2.11. The Labute approximate surface area is 84.8 Å². The molecule has 1 rings (SSSR count). The Bertz CT molecular complexity index is 214. The highest BCUT2D eigenvalue weighted by molar-refractivity contribution is 7.09. The van der Waals surface area contributed by atoms with Crippen molar-refractivity contribution in [2.45, 2.75) is 40.0 Å². The van der Waals surface area contributed by atoms with Crippen LogP contribution in [0, 0.1) is 0 Å². The molecule has 0 fully saturated rings. The zero-order valence-electron chi connectivity index (χ0n) is 8.67. The largest absolute Gasteiger partial charge is 0.300 e. The van der Waals surface area contributed by atoms with Crippen molar-refractivity contribution >= 4 is 17.1 Å². The lowest BCUT2D eigenvalue weighted by atomic mass is 10.2. The van der Waals surface area contributed by atoms with Crippen LogP contribution >= 0.6 is 11.3 Å². The van der Waals surface area contributed by atoms with Gasteiger partial charge in [-0.15, -0.1) is 11.3 Å². The lowest BCUT2D eigenvalue weighted by Gasteiger charge is -1.93. The Morgan fingerprint density at radius 3 is 2.62 bits per heavy atom. The number of carbonyl (C=O) groups excluding carboxylic acids is 1. The van der Waals surface area contributed by atoms with Gasteiger partial charge in [-0.05, 0) is 31.2 Å². The zero-order valence-corrected chi connectivity index (χ0v) is 9.49. The molecule has 0 aliphatic carbocycles. The van der Waals surface area contributed by atoms with Gasteiger partial charge in [-0.25, -0.2) is 0 Å². The topological polar surface area (TPSA) is 17.1 Å². The fraction of sp³-hybridized carbons (Fsp3) is 0.545. The molecule has 0 spiro atoms. The molecule has 0 aliphatic heterocycles. The molecule has 0 bridgehead atoms. The van der Waals surface area contributed by atoms with Crippen LogP contribution in [0.2, 0.25) is 0 Å². The summed E-state index contributed by atoms with van der Waals surface area (Å²) in [6.07, 6.45) is 2.77. The molecule has 74 valence electrons. The normalized spacial score (nSPS) is 8.85. The second-order valence-electron chi connectivity index (χ2n) is 2.63. The second kappa shape index (κ2) is 7.99. The Hall–Kier alpha value is -0.630. The summed E-state index contributed by atoms with van der Waals surface area (Å²) in [4.78, 5) is 12.0. The average molecular weight is 198 g/mol. The van der Waals surface area contributed by atoms with Gasteiger partial charge in [0.25, 0.3) is 0 Å². The van der Waals surface area contributed by atoms with Crippen LogP contribution in [-0.4, -0.2) is 5.78 Å². The molecular formula is C11H18OS. The number of carbonyl (C=O) groups is 1. The van der Waals surface area contributed by atoms with Crippen LogP contribution in [-0.2, 0) is 11.2 Å². The van der Waals surface area contributed by atoms with Crippen LogP contribution < -0.4 is 0 Å². The Morgan fingerprint density at radius 2 is 2.15 bits per heavy atom. The molecular weight excluding hydrogens is 180 g/mol. The van der Waals surface area contributed by atoms with E-state index in [2.05, 4.69) is 11.4 Å². The van der Waals surface area contributed by atoms with Gasteiger partial charge >= 0.3 is 0 Å². The highest BCUT2D eigenvalue weighted by atomic mass is 32.1. The van der Waals surface area contributed by atoms with E-state index in [-0.39, 0.29) is 0 Å². The van der Waals surface area contributed by atoms with Gasteiger partial charge in [0.2, 0.25) is 0 Å². The van der Waals surface area contributed by atoms with Gasteiger partial charge in [-0.1, -0.05) is 19.9 Å². The molecule has 1 heterocycles. The first-order valence-corrected chi connectivity index (χ1v) is 5.69. The van der Waals surface area contributed by atoms with E-state index in [1.54, 1.807) is 18.3 Å². The molecule has 0 unspecified atom stereocenters. The second-order valence-corrected chi connectivity index (χ2v) is 3.67. The van der Waals surface area contributed by atoms with Crippen molar-refractivity contribution in [1.29, 1.82) is 0 Å². The molecule has 1 nitrogen and oxygen atoms in total. The molecule has 0 saturated carbocycles. The first-order valence-electron chi connectivity index (χ1n) is 4.81. The van der Waals surface area contributed by atoms with E-state index in [9.17, 15) is 4.79 Å². The van der Waals surface area contributed by atoms with Gasteiger partial charge in [0, 0.05) is 11.3 Å². The molecule has 0 atom stereocenters. The van der Waals surface area contributed by atoms with Gasteiger partial charge in [0.1, 0.15) is 5.78 Å². The fourth-order valence-electron chi connectivity index (χ4n) is 0.966. The SMILES string of the molecule is CC.CC(=O)CCCc1cccs1. The Kier molecular flexibility index (Phi) is 7.60. The van der Waals surface area contributed by atoms with Crippen molar-refractivity contribution in [2.24, 2.45) is 0 Å². The minimum Gasteiger partial charge on any atom is -0.300 e. The number of hydrogen-bond donors (Lipinski definition) is 0. The maximum Gasteiger partial charge on any atom is 0.129 e. The molecule has 0 N–H and O–H groups in total. The van der Waals surface area contributed by atoms with Crippen LogP contribution in [0.1, 0.15) is 38.5 Å². The van der Waals surface area contributed by atoms with Crippen LogP contribution in [0.5, 0.6) is 0 Å². The van der Waals surface area contributed by atoms with Crippen molar-refractivity contribution < 1.29 is 4.79 Å². The third kappa shape index (κ3) is 6.52. The van der Waals surface area contributed by atoms with Crippen molar-refractivity contribution in [3.8, 4) is 0 Å². The summed E-state index contributed by atoms with van der Waals surface area (Å²) in [5.74, 6) is 0.293. The van der Waals surface area contributed by atoms with Crippen molar-refractivity contribution in [2.75, 3.05) is 0 Å². The van der Waals surface area contributed by atoms with E-state index < -0.39 is 0 Å². The van der Waals surface area contributed by atoms with Crippen LogP contribution in [0.25, 0.3) is 0 Å². The third-order valence-electron chi connectivity index (χ3n) is 1.53. The van der Waals surface area contributed by atoms with Gasteiger partial charge in [0.05, 0.1) is 0 Å². The monoisotopic (exact) mass is 198 g/mol. The maximum absolute atomic E-state index is 10.6. The quantitative estimate of drug-likeness (QED) is 0.721. The summed E-state index contributed by atoms with van der Waals surface area (Å²) in [5, 5.41) is 2.07. The summed E-state index contributed by atoms with van der Waals surface area (Å²) in [6, 6.07) is 4.17. The third-order valence-corrected chi connectivity index (χ3v) is 2.47. The van der Waals surface area contributed by atoms with E-state index in [1.807, 2.05) is 19.9 Å². The summed E-state index contributed by atoms with van der Waals surface area (Å²) >= 11 is 1.76. The molecule has 1 aromatic rings. The minimum atomic E-state index is 0.293. The van der Waals surface area contributed by atoms with Crippen molar-refractivity contribution in [1.82, 2.24) is 0 Å². The van der Waals surface area contributed by atoms with Gasteiger partial charge in [-0.2, -0.15) is 0 Å². The van der Waals surface area contributed by atoms with E-state index in [0.29, 0.717) is 5.78 Å². The number of aryl methyl sites for hydroxylation is 1. The van der Waals surface area contributed by atoms with Crippen LogP contribution in [0.3, 0.4) is 0 Å². The lowest BCUT2D eigenvalue weighted by molar-refractivity contribution is -0.117. The maximum atomic E-state index is 10.6. The fourth-order valence-corrected chi connectivity index (χ4v) is 1.72. The molecule has 0 amide bonds. The molecule has 13 heavy (non-hydrogen) atoms. The summed E-state index contributed by atoms with van der Waals surface area (Å²) in [6.45, 7) is 5.65. The van der Waals surface area contributed by atoms with Crippen LogP contribution in [0.4, 0.5) is 0 Å². The summed E-state index contributed by atoms with van der Waals surface area (Å²) in [7, 11) is 0. The number of thiophene rings is 1. The lowest BCUT2D eigenvalue weighted by Crippen LogP contribution is -1.90. The number of ketones is 1. The first kappa shape index (κ1) is 12.4. The van der Waals surface area contributed by atoms with E-state index >= 15 is 0 Å². The zero-order chi connectivity index (χ0) is 10.1. The standard InChI is InChI=1S/C9H12OS.C2H6/c1-8(10)4-2-5-9-6-3-7-11-9;1-2/h3,6-7H,2,4-5H2,1H3;1-2H3. The number of hydrogen-bond acceptors (Lipinski definition) is 2.